The third-order valence-corrected chi connectivity index (χ3v) is 2.86. The quantitative estimate of drug-likeness (QED) is 0.777. The van der Waals surface area contributed by atoms with Gasteiger partial charge in [0.05, 0.1) is 6.42 Å². The maximum atomic E-state index is 12.0. The molecule has 0 fully saturated rings. The molecule has 0 bridgehead atoms. The number of nitrogens with one attached hydrogen (secondary N) is 1. The van der Waals surface area contributed by atoms with E-state index in [1.165, 1.54) is 24.3 Å². The van der Waals surface area contributed by atoms with Gasteiger partial charge in [-0.3, -0.25) is 9.59 Å². The number of hydrogen-bond acceptors (Lipinski definition) is 3. The van der Waals surface area contributed by atoms with Crippen LogP contribution in [0.3, 0.4) is 0 Å². The molecule has 1 aromatic carbocycles. The van der Waals surface area contributed by atoms with Crippen molar-refractivity contribution in [3.05, 3.63) is 29.8 Å². The van der Waals surface area contributed by atoms with E-state index in [0.717, 1.165) is 0 Å². The molecule has 1 amide bonds. The van der Waals surface area contributed by atoms with Crippen LogP contribution in [0, 0.1) is 5.41 Å². The van der Waals surface area contributed by atoms with Crippen LogP contribution in [-0.2, 0) is 4.79 Å². The first-order chi connectivity index (χ1) is 8.70. The van der Waals surface area contributed by atoms with Crippen molar-refractivity contribution in [3.63, 3.8) is 0 Å². The molecule has 1 rings (SSSR count). The number of rotatable bonds is 4. The second-order valence-electron chi connectivity index (χ2n) is 5.54. The average molecular weight is 265 g/mol. The van der Waals surface area contributed by atoms with E-state index in [0.29, 0.717) is 5.56 Å². The van der Waals surface area contributed by atoms with Crippen LogP contribution in [0.5, 0.6) is 5.75 Å². The molecular formula is C14H19NO4. The third-order valence-electron chi connectivity index (χ3n) is 2.86. The number of benzene rings is 1. The van der Waals surface area contributed by atoms with E-state index >= 15 is 0 Å². The maximum Gasteiger partial charge on any atom is 0.305 e. The standard InChI is InChI=1S/C14H19NO4/c1-14(2,3)11(8-12(17)18)15-13(19)9-4-6-10(16)7-5-9/h4-7,11,16H,8H2,1-3H3,(H,15,19)(H,17,18). The molecule has 0 aliphatic carbocycles. The number of aliphatic carboxylic acids is 1. The molecule has 3 N–H and O–H groups in total. The normalized spacial score (nSPS) is 12.8. The minimum Gasteiger partial charge on any atom is -0.508 e. The first-order valence-electron chi connectivity index (χ1n) is 6.02. The summed E-state index contributed by atoms with van der Waals surface area (Å²) < 4.78 is 0. The van der Waals surface area contributed by atoms with Gasteiger partial charge >= 0.3 is 5.97 Å². The van der Waals surface area contributed by atoms with Gasteiger partial charge in [-0.05, 0) is 29.7 Å². The Morgan fingerprint density at radius 2 is 1.74 bits per heavy atom. The summed E-state index contributed by atoms with van der Waals surface area (Å²) in [4.78, 5) is 22.8. The molecule has 0 aliphatic heterocycles. The van der Waals surface area contributed by atoms with Crippen LogP contribution in [0.15, 0.2) is 24.3 Å². The van der Waals surface area contributed by atoms with E-state index in [1.807, 2.05) is 20.8 Å². The highest BCUT2D eigenvalue weighted by Gasteiger charge is 2.28. The monoisotopic (exact) mass is 265 g/mol. The fourth-order valence-electron chi connectivity index (χ4n) is 1.60. The molecule has 19 heavy (non-hydrogen) atoms. The number of carboxylic acid groups (broad SMARTS) is 1. The molecule has 1 aromatic rings. The van der Waals surface area contributed by atoms with Gasteiger partial charge in [0.1, 0.15) is 5.75 Å². The predicted octanol–water partition coefficient (Wildman–Crippen LogP) is 2.01. The van der Waals surface area contributed by atoms with Crippen molar-refractivity contribution in [1.29, 1.82) is 0 Å². The zero-order chi connectivity index (χ0) is 14.6. The van der Waals surface area contributed by atoms with Gasteiger partial charge in [0.2, 0.25) is 0 Å². The van der Waals surface area contributed by atoms with Gasteiger partial charge in [-0.2, -0.15) is 0 Å². The summed E-state index contributed by atoms with van der Waals surface area (Å²) in [7, 11) is 0. The lowest BCUT2D eigenvalue weighted by Crippen LogP contribution is -2.45. The molecule has 104 valence electrons. The van der Waals surface area contributed by atoms with Crippen molar-refractivity contribution in [2.24, 2.45) is 5.41 Å². The fourth-order valence-corrected chi connectivity index (χ4v) is 1.60. The van der Waals surface area contributed by atoms with Gasteiger partial charge < -0.3 is 15.5 Å². The Morgan fingerprint density at radius 3 is 2.16 bits per heavy atom. The van der Waals surface area contributed by atoms with Gasteiger partial charge in [0.25, 0.3) is 5.91 Å². The Hall–Kier alpha value is -2.04. The Morgan fingerprint density at radius 1 is 1.21 bits per heavy atom. The summed E-state index contributed by atoms with van der Waals surface area (Å²) in [5.74, 6) is -1.22. The third kappa shape index (κ3) is 4.62. The maximum absolute atomic E-state index is 12.0. The van der Waals surface area contributed by atoms with Crippen LogP contribution >= 0.6 is 0 Å². The zero-order valence-corrected chi connectivity index (χ0v) is 11.3. The number of carboxylic acids is 1. The van der Waals surface area contributed by atoms with Crippen LogP contribution in [0.25, 0.3) is 0 Å². The van der Waals surface area contributed by atoms with Crippen LogP contribution < -0.4 is 5.32 Å². The molecule has 0 heterocycles. The predicted molar refractivity (Wildman–Crippen MR) is 71.1 cm³/mol. The van der Waals surface area contributed by atoms with Gasteiger partial charge in [-0.1, -0.05) is 20.8 Å². The SMILES string of the molecule is CC(C)(C)C(CC(=O)O)NC(=O)c1ccc(O)cc1. The largest absolute Gasteiger partial charge is 0.508 e. The van der Waals surface area contributed by atoms with Crippen molar-refractivity contribution < 1.29 is 19.8 Å². The number of carbonyl (C=O) groups is 2. The second kappa shape index (κ2) is 5.73. The Bertz CT molecular complexity index is 459. The fraction of sp³-hybridized carbons (Fsp3) is 0.429. The number of phenols is 1. The molecule has 1 unspecified atom stereocenters. The minimum absolute atomic E-state index is 0.0782. The van der Waals surface area contributed by atoms with Gasteiger partial charge in [0, 0.05) is 11.6 Å². The summed E-state index contributed by atoms with van der Waals surface area (Å²) in [6.07, 6.45) is -0.132. The molecule has 0 aliphatic rings. The summed E-state index contributed by atoms with van der Waals surface area (Å²) in [6.45, 7) is 5.62. The number of carbonyl (C=O) groups excluding carboxylic acids is 1. The van der Waals surface area contributed by atoms with Crippen molar-refractivity contribution in [1.82, 2.24) is 5.32 Å². The highest BCUT2D eigenvalue weighted by atomic mass is 16.4. The van der Waals surface area contributed by atoms with Crippen molar-refractivity contribution in [2.45, 2.75) is 33.2 Å². The van der Waals surface area contributed by atoms with Crippen molar-refractivity contribution in [3.8, 4) is 5.75 Å². The van der Waals surface area contributed by atoms with Crippen molar-refractivity contribution >= 4 is 11.9 Å². The molecule has 5 heteroatoms. The molecule has 0 radical (unpaired) electrons. The van der Waals surface area contributed by atoms with Crippen LogP contribution in [-0.4, -0.2) is 28.1 Å². The van der Waals surface area contributed by atoms with E-state index in [9.17, 15) is 9.59 Å². The second-order valence-corrected chi connectivity index (χ2v) is 5.54. The van der Waals surface area contributed by atoms with E-state index in [-0.39, 0.29) is 23.5 Å². The highest BCUT2D eigenvalue weighted by molar-refractivity contribution is 5.94. The summed E-state index contributed by atoms with van der Waals surface area (Å²) in [6, 6.07) is 5.35. The minimum atomic E-state index is -0.953. The summed E-state index contributed by atoms with van der Waals surface area (Å²) in [5.41, 5.74) is 0.0303. The molecule has 0 saturated carbocycles. The zero-order valence-electron chi connectivity index (χ0n) is 11.3. The molecule has 0 spiro atoms. The lowest BCUT2D eigenvalue weighted by Gasteiger charge is -2.30. The highest BCUT2D eigenvalue weighted by Crippen LogP contribution is 2.22. The van der Waals surface area contributed by atoms with Crippen molar-refractivity contribution in [2.75, 3.05) is 0 Å². The first kappa shape index (κ1) is 15.0. The van der Waals surface area contributed by atoms with Gasteiger partial charge in [0.15, 0.2) is 0 Å². The summed E-state index contributed by atoms with van der Waals surface area (Å²) in [5, 5.41) is 20.8. The van der Waals surface area contributed by atoms with Crippen LogP contribution in [0.1, 0.15) is 37.6 Å². The van der Waals surface area contributed by atoms with Crippen LogP contribution in [0.2, 0.25) is 0 Å². The molecular weight excluding hydrogens is 246 g/mol. The smallest absolute Gasteiger partial charge is 0.305 e. The van der Waals surface area contributed by atoms with E-state index < -0.39 is 12.0 Å². The Kier molecular flexibility index (Phi) is 4.53. The molecule has 0 aromatic heterocycles. The molecule has 5 nitrogen and oxygen atoms in total. The van der Waals surface area contributed by atoms with Gasteiger partial charge in [-0.15, -0.1) is 0 Å². The number of hydrogen-bond donors (Lipinski definition) is 3. The lowest BCUT2D eigenvalue weighted by molar-refractivity contribution is -0.138. The molecule has 1 atom stereocenters. The lowest BCUT2D eigenvalue weighted by atomic mass is 9.84. The van der Waals surface area contributed by atoms with E-state index in [1.54, 1.807) is 0 Å². The number of phenolic OH excluding ortho intramolecular Hbond substituents is 1. The van der Waals surface area contributed by atoms with Gasteiger partial charge in [-0.25, -0.2) is 0 Å². The van der Waals surface area contributed by atoms with E-state index in [2.05, 4.69) is 5.32 Å². The Labute approximate surface area is 112 Å². The number of aromatic hydroxyl groups is 1. The summed E-state index contributed by atoms with van der Waals surface area (Å²) >= 11 is 0. The number of amides is 1. The first-order valence-corrected chi connectivity index (χ1v) is 6.02. The Balaban J connectivity index is 2.81. The average Bonchev–Trinajstić information content (AvgIpc) is 2.27. The molecule has 0 saturated heterocycles. The van der Waals surface area contributed by atoms with Crippen LogP contribution in [0.4, 0.5) is 0 Å². The van der Waals surface area contributed by atoms with E-state index in [4.69, 9.17) is 10.2 Å². The topological polar surface area (TPSA) is 86.6 Å².